The Morgan fingerprint density at radius 2 is 1.86 bits per heavy atom. The van der Waals surface area contributed by atoms with Crippen LogP contribution in [0, 0.1) is 5.41 Å². The molecule has 0 saturated heterocycles. The van der Waals surface area contributed by atoms with E-state index >= 15 is 0 Å². The van der Waals surface area contributed by atoms with Crippen LogP contribution in [-0.2, 0) is 4.79 Å². The normalized spacial score (nSPS) is 13.7. The zero-order chi connectivity index (χ0) is 10.8. The summed E-state index contributed by atoms with van der Waals surface area (Å²) in [5.74, 6) is -0.172. The van der Waals surface area contributed by atoms with Crippen LogP contribution in [-0.4, -0.2) is 16.6 Å². The lowest BCUT2D eigenvalue weighted by Crippen LogP contribution is -2.47. The SMILES string of the molecule is CC(C)(C)[C@@H](N)C(=O)Nn1cccc1. The molecule has 0 bridgehead atoms. The van der Waals surface area contributed by atoms with Crippen molar-refractivity contribution < 1.29 is 4.79 Å². The summed E-state index contributed by atoms with van der Waals surface area (Å²) in [7, 11) is 0. The molecule has 1 atom stereocenters. The van der Waals surface area contributed by atoms with E-state index in [1.54, 1.807) is 17.1 Å². The first-order valence-corrected chi connectivity index (χ1v) is 4.60. The molecule has 1 amide bonds. The van der Waals surface area contributed by atoms with Gasteiger partial charge in [0.1, 0.15) is 0 Å². The highest BCUT2D eigenvalue weighted by Gasteiger charge is 2.27. The Labute approximate surface area is 84.1 Å². The van der Waals surface area contributed by atoms with Gasteiger partial charge in [-0.3, -0.25) is 14.9 Å². The van der Waals surface area contributed by atoms with Gasteiger partial charge in [-0.2, -0.15) is 0 Å². The third-order valence-electron chi connectivity index (χ3n) is 2.06. The molecule has 1 heterocycles. The van der Waals surface area contributed by atoms with Crippen LogP contribution in [0.4, 0.5) is 0 Å². The second-order valence-corrected chi connectivity index (χ2v) is 4.41. The molecule has 0 unspecified atom stereocenters. The third-order valence-corrected chi connectivity index (χ3v) is 2.06. The van der Waals surface area contributed by atoms with E-state index in [-0.39, 0.29) is 11.3 Å². The summed E-state index contributed by atoms with van der Waals surface area (Å²) in [6, 6.07) is 3.16. The number of carbonyl (C=O) groups excluding carboxylic acids is 1. The Morgan fingerprint density at radius 1 is 1.36 bits per heavy atom. The molecule has 3 N–H and O–H groups in total. The first-order chi connectivity index (χ1) is 6.41. The number of carbonyl (C=O) groups is 1. The molecule has 1 aromatic heterocycles. The van der Waals surface area contributed by atoms with Crippen LogP contribution in [0.1, 0.15) is 20.8 Å². The monoisotopic (exact) mass is 195 g/mol. The van der Waals surface area contributed by atoms with Gasteiger partial charge in [-0.15, -0.1) is 0 Å². The summed E-state index contributed by atoms with van der Waals surface area (Å²) >= 11 is 0. The fourth-order valence-corrected chi connectivity index (χ4v) is 0.999. The van der Waals surface area contributed by atoms with Crippen LogP contribution >= 0.6 is 0 Å². The van der Waals surface area contributed by atoms with Gasteiger partial charge in [0.05, 0.1) is 6.04 Å². The molecule has 0 aliphatic rings. The van der Waals surface area contributed by atoms with Gasteiger partial charge in [-0.1, -0.05) is 20.8 Å². The molecule has 4 nitrogen and oxygen atoms in total. The van der Waals surface area contributed by atoms with Crippen LogP contribution in [0.5, 0.6) is 0 Å². The molecule has 14 heavy (non-hydrogen) atoms. The predicted octanol–water partition coefficient (Wildman–Crippen LogP) is 0.932. The third kappa shape index (κ3) is 2.60. The maximum Gasteiger partial charge on any atom is 0.256 e. The van der Waals surface area contributed by atoms with Crippen molar-refractivity contribution in [2.45, 2.75) is 26.8 Å². The molecule has 0 aliphatic carbocycles. The van der Waals surface area contributed by atoms with Crippen LogP contribution in [0.25, 0.3) is 0 Å². The standard InChI is InChI=1S/C10H17N3O/c1-10(2,3)8(11)9(14)12-13-6-4-5-7-13/h4-8H,11H2,1-3H3,(H,12,14)/t8-/m0/s1. The highest BCUT2D eigenvalue weighted by atomic mass is 16.2. The van der Waals surface area contributed by atoms with Gasteiger partial charge >= 0.3 is 0 Å². The van der Waals surface area contributed by atoms with Gasteiger partial charge in [0, 0.05) is 12.4 Å². The quantitative estimate of drug-likeness (QED) is 0.737. The van der Waals surface area contributed by atoms with E-state index < -0.39 is 6.04 Å². The maximum absolute atomic E-state index is 11.6. The Bertz CT molecular complexity index is 298. The second kappa shape index (κ2) is 3.84. The van der Waals surface area contributed by atoms with E-state index in [1.165, 1.54) is 0 Å². The Morgan fingerprint density at radius 3 is 2.29 bits per heavy atom. The number of nitrogens with zero attached hydrogens (tertiary/aromatic N) is 1. The number of nitrogens with two attached hydrogens (primary N) is 1. The lowest BCUT2D eigenvalue weighted by molar-refractivity contribution is -0.120. The van der Waals surface area contributed by atoms with Crippen molar-refractivity contribution in [1.29, 1.82) is 0 Å². The Hall–Kier alpha value is -1.29. The van der Waals surface area contributed by atoms with Crippen molar-refractivity contribution in [3.63, 3.8) is 0 Å². The lowest BCUT2D eigenvalue weighted by atomic mass is 9.87. The van der Waals surface area contributed by atoms with Crippen molar-refractivity contribution in [2.75, 3.05) is 5.43 Å². The number of nitrogens with one attached hydrogen (secondary N) is 1. The highest BCUT2D eigenvalue weighted by Crippen LogP contribution is 2.17. The lowest BCUT2D eigenvalue weighted by Gasteiger charge is -2.25. The molecule has 0 spiro atoms. The summed E-state index contributed by atoms with van der Waals surface area (Å²) in [6.45, 7) is 5.81. The average molecular weight is 195 g/mol. The second-order valence-electron chi connectivity index (χ2n) is 4.41. The van der Waals surface area contributed by atoms with Gasteiger partial charge in [-0.25, -0.2) is 0 Å². The van der Waals surface area contributed by atoms with Gasteiger partial charge < -0.3 is 5.73 Å². The van der Waals surface area contributed by atoms with Crippen LogP contribution < -0.4 is 11.2 Å². The molecule has 78 valence electrons. The first-order valence-electron chi connectivity index (χ1n) is 4.60. The minimum absolute atomic E-state index is 0.172. The first kappa shape index (κ1) is 10.8. The molecule has 0 aromatic carbocycles. The Balaban J connectivity index is 2.59. The van der Waals surface area contributed by atoms with E-state index in [9.17, 15) is 4.79 Å². The minimum atomic E-state index is -0.509. The molecule has 0 fully saturated rings. The van der Waals surface area contributed by atoms with E-state index in [2.05, 4.69) is 5.43 Å². The largest absolute Gasteiger partial charge is 0.319 e. The van der Waals surface area contributed by atoms with Crippen molar-refractivity contribution in [1.82, 2.24) is 4.68 Å². The number of hydrogen-bond donors (Lipinski definition) is 2. The average Bonchev–Trinajstić information content (AvgIpc) is 2.53. The van der Waals surface area contributed by atoms with Gasteiger partial charge in [0.15, 0.2) is 0 Å². The molecular formula is C10H17N3O. The number of aromatic nitrogens is 1. The van der Waals surface area contributed by atoms with Crippen molar-refractivity contribution in [3.05, 3.63) is 24.5 Å². The van der Waals surface area contributed by atoms with Crippen LogP contribution in [0.2, 0.25) is 0 Å². The van der Waals surface area contributed by atoms with Crippen LogP contribution in [0.3, 0.4) is 0 Å². The summed E-state index contributed by atoms with van der Waals surface area (Å²) in [5.41, 5.74) is 8.24. The van der Waals surface area contributed by atoms with Crippen molar-refractivity contribution in [2.24, 2.45) is 11.1 Å². The predicted molar refractivity (Wildman–Crippen MR) is 56.2 cm³/mol. The number of rotatable bonds is 2. The molecule has 0 aliphatic heterocycles. The molecule has 0 saturated carbocycles. The molecule has 4 heteroatoms. The van der Waals surface area contributed by atoms with Crippen molar-refractivity contribution in [3.8, 4) is 0 Å². The molecular weight excluding hydrogens is 178 g/mol. The summed E-state index contributed by atoms with van der Waals surface area (Å²) < 4.78 is 1.59. The topological polar surface area (TPSA) is 60.1 Å². The zero-order valence-electron chi connectivity index (χ0n) is 8.82. The van der Waals surface area contributed by atoms with Crippen molar-refractivity contribution >= 4 is 5.91 Å². The summed E-state index contributed by atoms with van der Waals surface area (Å²) in [4.78, 5) is 11.6. The van der Waals surface area contributed by atoms with Gasteiger partial charge in [0.2, 0.25) is 0 Å². The maximum atomic E-state index is 11.6. The molecule has 1 rings (SSSR count). The fraction of sp³-hybridized carbons (Fsp3) is 0.500. The summed E-state index contributed by atoms with van der Waals surface area (Å²) in [5, 5.41) is 0. The van der Waals surface area contributed by atoms with Crippen LogP contribution in [0.15, 0.2) is 24.5 Å². The van der Waals surface area contributed by atoms with E-state index in [4.69, 9.17) is 5.73 Å². The fourth-order valence-electron chi connectivity index (χ4n) is 0.999. The van der Waals surface area contributed by atoms with E-state index in [0.717, 1.165) is 0 Å². The number of amides is 1. The number of hydrogen-bond acceptors (Lipinski definition) is 2. The Kier molecular flexibility index (Phi) is 2.96. The molecule has 0 radical (unpaired) electrons. The zero-order valence-corrected chi connectivity index (χ0v) is 8.82. The van der Waals surface area contributed by atoms with E-state index in [0.29, 0.717) is 0 Å². The van der Waals surface area contributed by atoms with Gasteiger partial charge in [0.25, 0.3) is 5.91 Å². The minimum Gasteiger partial charge on any atom is -0.319 e. The summed E-state index contributed by atoms with van der Waals surface area (Å²) in [6.07, 6.45) is 3.51. The van der Waals surface area contributed by atoms with E-state index in [1.807, 2.05) is 32.9 Å². The van der Waals surface area contributed by atoms with Gasteiger partial charge in [-0.05, 0) is 17.5 Å². The highest BCUT2D eigenvalue weighted by molar-refractivity contribution is 5.89. The smallest absolute Gasteiger partial charge is 0.256 e. The molecule has 1 aromatic rings.